The van der Waals surface area contributed by atoms with Crippen LogP contribution in [0.5, 0.6) is 0 Å². The maximum Gasteiger partial charge on any atom is 0.255 e. The summed E-state index contributed by atoms with van der Waals surface area (Å²) < 4.78 is 16.8. The zero-order chi connectivity index (χ0) is 19.0. The number of benzene rings is 1. The van der Waals surface area contributed by atoms with Gasteiger partial charge in [-0.25, -0.2) is 14.1 Å². The lowest BCUT2D eigenvalue weighted by Crippen LogP contribution is -2.45. The SMILES string of the molecule is Cn1nnc2cc(C(=O)N3CCC(F)(Cc4ccc(Cl)cc4)CC3)cnc21. The predicted octanol–water partition coefficient (Wildman–Crippen LogP) is 3.20. The molecule has 4 rings (SSSR count). The fourth-order valence-corrected chi connectivity index (χ4v) is 3.61. The predicted molar refractivity (Wildman–Crippen MR) is 100 cm³/mol. The number of carbonyl (C=O) groups excluding carboxylic acids is 1. The normalized spacial score (nSPS) is 16.6. The van der Waals surface area contributed by atoms with Crippen molar-refractivity contribution < 1.29 is 9.18 Å². The van der Waals surface area contributed by atoms with Gasteiger partial charge in [0.15, 0.2) is 5.65 Å². The second-order valence-corrected chi connectivity index (χ2v) is 7.46. The van der Waals surface area contributed by atoms with Crippen LogP contribution in [0.25, 0.3) is 11.2 Å². The summed E-state index contributed by atoms with van der Waals surface area (Å²) in [5.41, 5.74) is 1.25. The zero-order valence-electron chi connectivity index (χ0n) is 14.9. The summed E-state index contributed by atoms with van der Waals surface area (Å²) in [6.45, 7) is 0.753. The van der Waals surface area contributed by atoms with Crippen molar-refractivity contribution >= 4 is 28.7 Å². The highest BCUT2D eigenvalue weighted by molar-refractivity contribution is 6.30. The molecule has 1 aliphatic rings. The summed E-state index contributed by atoms with van der Waals surface area (Å²) in [4.78, 5) is 18.7. The first-order chi connectivity index (χ1) is 12.9. The number of aryl methyl sites for hydroxylation is 1. The van der Waals surface area contributed by atoms with Crippen LogP contribution in [0, 0.1) is 0 Å². The average molecular weight is 388 g/mol. The van der Waals surface area contributed by atoms with E-state index in [-0.39, 0.29) is 5.91 Å². The van der Waals surface area contributed by atoms with Gasteiger partial charge < -0.3 is 4.90 Å². The van der Waals surface area contributed by atoms with E-state index in [4.69, 9.17) is 11.6 Å². The minimum absolute atomic E-state index is 0.149. The lowest BCUT2D eigenvalue weighted by Gasteiger charge is -2.36. The zero-order valence-corrected chi connectivity index (χ0v) is 15.7. The Morgan fingerprint density at radius 3 is 2.67 bits per heavy atom. The first kappa shape index (κ1) is 17.9. The van der Waals surface area contributed by atoms with Gasteiger partial charge in [-0.15, -0.1) is 5.10 Å². The van der Waals surface area contributed by atoms with E-state index in [9.17, 15) is 4.79 Å². The number of carbonyl (C=O) groups is 1. The van der Waals surface area contributed by atoms with Crippen molar-refractivity contribution in [2.75, 3.05) is 13.1 Å². The second-order valence-electron chi connectivity index (χ2n) is 7.03. The lowest BCUT2D eigenvalue weighted by molar-refractivity contribution is 0.0437. The van der Waals surface area contributed by atoms with Crippen molar-refractivity contribution in [3.63, 3.8) is 0 Å². The molecule has 27 heavy (non-hydrogen) atoms. The lowest BCUT2D eigenvalue weighted by atomic mass is 9.87. The molecule has 0 atom stereocenters. The van der Waals surface area contributed by atoms with Crippen LogP contribution in [0.3, 0.4) is 0 Å². The summed E-state index contributed by atoms with van der Waals surface area (Å²) in [6, 6.07) is 8.93. The number of aromatic nitrogens is 4. The van der Waals surface area contributed by atoms with E-state index in [1.165, 1.54) is 6.20 Å². The Balaban J connectivity index is 1.42. The molecule has 2 aromatic heterocycles. The molecule has 0 bridgehead atoms. The number of piperidine rings is 1. The molecule has 0 aliphatic carbocycles. The number of alkyl halides is 1. The van der Waals surface area contributed by atoms with Crippen LogP contribution in [-0.2, 0) is 13.5 Å². The Morgan fingerprint density at radius 2 is 1.96 bits per heavy atom. The van der Waals surface area contributed by atoms with Gasteiger partial charge in [0.05, 0.1) is 5.56 Å². The molecule has 1 aliphatic heterocycles. The van der Waals surface area contributed by atoms with Crippen LogP contribution in [-0.4, -0.2) is 49.5 Å². The molecule has 0 unspecified atom stereocenters. The highest BCUT2D eigenvalue weighted by Gasteiger charge is 2.36. The van der Waals surface area contributed by atoms with Crippen LogP contribution < -0.4 is 0 Å². The van der Waals surface area contributed by atoms with E-state index in [0.29, 0.717) is 54.1 Å². The molecule has 140 valence electrons. The van der Waals surface area contributed by atoms with E-state index in [1.807, 2.05) is 12.1 Å². The van der Waals surface area contributed by atoms with E-state index in [1.54, 1.807) is 34.8 Å². The molecule has 0 radical (unpaired) electrons. The molecule has 1 saturated heterocycles. The van der Waals surface area contributed by atoms with Gasteiger partial charge in [0.25, 0.3) is 5.91 Å². The van der Waals surface area contributed by atoms with Crippen molar-refractivity contribution in [2.45, 2.75) is 24.9 Å². The largest absolute Gasteiger partial charge is 0.338 e. The number of halogens is 2. The Morgan fingerprint density at radius 1 is 1.26 bits per heavy atom. The third-order valence-electron chi connectivity index (χ3n) is 5.07. The summed E-state index contributed by atoms with van der Waals surface area (Å²) in [6.07, 6.45) is 2.47. The first-order valence-electron chi connectivity index (χ1n) is 8.82. The standard InChI is InChI=1S/C19H19ClFN5O/c1-25-17-16(23-24-25)10-14(12-22-17)18(27)26-8-6-19(21,7-9-26)11-13-2-4-15(20)5-3-13/h2-5,10,12H,6-9,11H2,1H3. The minimum Gasteiger partial charge on any atom is -0.338 e. The third kappa shape index (κ3) is 3.64. The smallest absolute Gasteiger partial charge is 0.255 e. The van der Waals surface area contributed by atoms with Gasteiger partial charge in [-0.3, -0.25) is 4.79 Å². The summed E-state index contributed by atoms with van der Waals surface area (Å²) in [5.74, 6) is -0.149. The molecule has 1 fully saturated rings. The number of pyridine rings is 1. The Labute approximate surface area is 160 Å². The van der Waals surface area contributed by atoms with E-state index in [0.717, 1.165) is 5.56 Å². The molecule has 1 amide bonds. The Bertz CT molecular complexity index is 979. The van der Waals surface area contributed by atoms with Gasteiger partial charge in [0.1, 0.15) is 11.2 Å². The summed E-state index contributed by atoms with van der Waals surface area (Å²) in [5, 5.41) is 8.53. The topological polar surface area (TPSA) is 63.9 Å². The number of hydrogen-bond acceptors (Lipinski definition) is 4. The van der Waals surface area contributed by atoms with E-state index < -0.39 is 5.67 Å². The third-order valence-corrected chi connectivity index (χ3v) is 5.32. The monoisotopic (exact) mass is 387 g/mol. The molecule has 8 heteroatoms. The van der Waals surface area contributed by atoms with Gasteiger partial charge >= 0.3 is 0 Å². The van der Waals surface area contributed by atoms with Crippen LogP contribution in [0.2, 0.25) is 5.02 Å². The van der Waals surface area contributed by atoms with Crippen LogP contribution in [0.4, 0.5) is 4.39 Å². The minimum atomic E-state index is -1.31. The van der Waals surface area contributed by atoms with Crippen molar-refractivity contribution in [3.8, 4) is 0 Å². The molecule has 3 heterocycles. The van der Waals surface area contributed by atoms with Gasteiger partial charge in [0.2, 0.25) is 0 Å². The number of amides is 1. The van der Waals surface area contributed by atoms with Crippen molar-refractivity contribution in [2.24, 2.45) is 7.05 Å². The fraction of sp³-hybridized carbons (Fsp3) is 0.368. The number of rotatable bonds is 3. The number of hydrogen-bond donors (Lipinski definition) is 0. The molecule has 6 nitrogen and oxygen atoms in total. The van der Waals surface area contributed by atoms with Crippen LogP contribution in [0.15, 0.2) is 36.5 Å². The van der Waals surface area contributed by atoms with Crippen molar-refractivity contribution in [3.05, 3.63) is 52.7 Å². The van der Waals surface area contributed by atoms with Gasteiger partial charge in [-0.2, -0.15) is 0 Å². The molecule has 0 saturated carbocycles. The molecular formula is C19H19ClFN5O. The quantitative estimate of drug-likeness (QED) is 0.692. The highest BCUT2D eigenvalue weighted by Crippen LogP contribution is 2.31. The maximum absolute atomic E-state index is 15.2. The van der Waals surface area contributed by atoms with E-state index in [2.05, 4.69) is 15.3 Å². The van der Waals surface area contributed by atoms with Crippen molar-refractivity contribution in [1.29, 1.82) is 0 Å². The highest BCUT2D eigenvalue weighted by atomic mass is 35.5. The van der Waals surface area contributed by atoms with Crippen molar-refractivity contribution in [1.82, 2.24) is 24.9 Å². The summed E-state index contributed by atoms with van der Waals surface area (Å²) >= 11 is 5.89. The Kier molecular flexibility index (Phi) is 4.55. The van der Waals surface area contributed by atoms with Gasteiger partial charge in [-0.05, 0) is 36.6 Å². The maximum atomic E-state index is 15.2. The molecule has 3 aromatic rings. The van der Waals surface area contributed by atoms with Crippen LogP contribution in [0.1, 0.15) is 28.8 Å². The molecule has 0 spiro atoms. The fourth-order valence-electron chi connectivity index (χ4n) is 3.48. The van der Waals surface area contributed by atoms with Gasteiger partial charge in [0, 0.05) is 37.8 Å². The number of nitrogens with zero attached hydrogens (tertiary/aromatic N) is 5. The van der Waals surface area contributed by atoms with Crippen LogP contribution >= 0.6 is 11.6 Å². The summed E-state index contributed by atoms with van der Waals surface area (Å²) in [7, 11) is 1.75. The second kappa shape index (κ2) is 6.88. The number of likely N-dealkylation sites (tertiary alicyclic amines) is 1. The first-order valence-corrected chi connectivity index (χ1v) is 9.19. The van der Waals surface area contributed by atoms with Gasteiger partial charge in [-0.1, -0.05) is 28.9 Å². The number of fused-ring (bicyclic) bond motifs is 1. The molecule has 0 N–H and O–H groups in total. The van der Waals surface area contributed by atoms with E-state index >= 15 is 4.39 Å². The molecule has 1 aromatic carbocycles. The average Bonchev–Trinajstić information content (AvgIpc) is 3.04. The molecular weight excluding hydrogens is 369 g/mol. The Hall–Kier alpha value is -2.54.